The van der Waals surface area contributed by atoms with Crippen molar-refractivity contribution in [3.63, 3.8) is 0 Å². The summed E-state index contributed by atoms with van der Waals surface area (Å²) in [7, 11) is 0. The Morgan fingerprint density at radius 1 is 0.950 bits per heavy atom. The molecule has 0 N–H and O–H groups in total. The van der Waals surface area contributed by atoms with Crippen LogP contribution in [-0.4, -0.2) is 18.9 Å². The van der Waals surface area contributed by atoms with Crippen molar-refractivity contribution in [2.45, 2.75) is 20.8 Å². The largest absolute Gasteiger partial charge is 0.372 e. The monoisotopic (exact) mass is 267 g/mol. The van der Waals surface area contributed by atoms with Gasteiger partial charge in [0.05, 0.1) is 0 Å². The highest BCUT2D eigenvalue weighted by Crippen LogP contribution is 2.18. The van der Waals surface area contributed by atoms with Crippen molar-refractivity contribution in [3.8, 4) is 0 Å². The molecule has 0 atom stereocenters. The molecule has 104 valence electrons. The molecule has 0 fully saturated rings. The third-order valence-corrected chi connectivity index (χ3v) is 3.65. The van der Waals surface area contributed by atoms with E-state index in [1.54, 1.807) is 0 Å². The van der Waals surface area contributed by atoms with Crippen molar-refractivity contribution >= 4 is 11.5 Å². The van der Waals surface area contributed by atoms with Gasteiger partial charge in [-0.25, -0.2) is 0 Å². The molecule has 20 heavy (non-hydrogen) atoms. The molecule has 0 aliphatic rings. The van der Waals surface area contributed by atoms with E-state index in [2.05, 4.69) is 18.7 Å². The van der Waals surface area contributed by atoms with E-state index in [1.165, 1.54) is 0 Å². The summed E-state index contributed by atoms with van der Waals surface area (Å²) in [6.45, 7) is 8.19. The highest BCUT2D eigenvalue weighted by molar-refractivity contribution is 6.10. The van der Waals surface area contributed by atoms with Crippen molar-refractivity contribution in [1.29, 1.82) is 0 Å². The molecule has 0 aromatic heterocycles. The van der Waals surface area contributed by atoms with Crippen molar-refractivity contribution < 1.29 is 4.79 Å². The number of carbonyl (C=O) groups is 1. The first-order chi connectivity index (χ1) is 9.67. The number of anilines is 1. The minimum Gasteiger partial charge on any atom is -0.372 e. The number of hydrogen-bond acceptors (Lipinski definition) is 2. The van der Waals surface area contributed by atoms with Gasteiger partial charge in [-0.15, -0.1) is 0 Å². The van der Waals surface area contributed by atoms with Crippen LogP contribution in [0.1, 0.15) is 35.3 Å². The van der Waals surface area contributed by atoms with Crippen molar-refractivity contribution in [2.24, 2.45) is 0 Å². The van der Waals surface area contributed by atoms with Gasteiger partial charge in [0.1, 0.15) is 0 Å². The lowest BCUT2D eigenvalue weighted by atomic mass is 9.99. The summed E-state index contributed by atoms with van der Waals surface area (Å²) < 4.78 is 0. The fourth-order valence-electron chi connectivity index (χ4n) is 2.40. The molecule has 0 radical (unpaired) electrons. The van der Waals surface area contributed by atoms with Crippen molar-refractivity contribution in [2.75, 3.05) is 18.0 Å². The number of aryl methyl sites for hydroxylation is 1. The fourth-order valence-corrected chi connectivity index (χ4v) is 2.40. The minimum absolute atomic E-state index is 0.0918. The standard InChI is InChI=1S/C18H21NO/c1-4-19(5-2)16-12-10-15(11-13-16)18(20)17-9-7-6-8-14(17)3/h6-13H,4-5H2,1-3H3. The number of benzene rings is 2. The van der Waals surface area contributed by atoms with Crippen LogP contribution in [0.5, 0.6) is 0 Å². The molecular weight excluding hydrogens is 246 g/mol. The Kier molecular flexibility index (Phi) is 4.57. The van der Waals surface area contributed by atoms with Gasteiger partial charge in [-0.05, 0) is 50.6 Å². The Labute approximate surface area is 121 Å². The second kappa shape index (κ2) is 6.38. The maximum Gasteiger partial charge on any atom is 0.193 e. The molecule has 0 spiro atoms. The third-order valence-electron chi connectivity index (χ3n) is 3.65. The molecule has 2 rings (SSSR count). The second-order valence-corrected chi connectivity index (χ2v) is 4.86. The normalized spacial score (nSPS) is 10.3. The Morgan fingerprint density at radius 3 is 2.10 bits per heavy atom. The molecule has 2 nitrogen and oxygen atoms in total. The summed E-state index contributed by atoms with van der Waals surface area (Å²) in [5, 5.41) is 0. The SMILES string of the molecule is CCN(CC)c1ccc(C(=O)c2ccccc2C)cc1. The van der Waals surface area contributed by atoms with Crippen LogP contribution in [0.2, 0.25) is 0 Å². The molecule has 0 saturated carbocycles. The summed E-state index contributed by atoms with van der Waals surface area (Å²) in [5.74, 6) is 0.0918. The Hall–Kier alpha value is -2.09. The van der Waals surface area contributed by atoms with E-state index in [9.17, 15) is 4.79 Å². The molecule has 2 aromatic rings. The molecule has 0 saturated heterocycles. The van der Waals surface area contributed by atoms with Crippen LogP contribution in [0.15, 0.2) is 48.5 Å². The lowest BCUT2D eigenvalue weighted by molar-refractivity contribution is 0.103. The Balaban J connectivity index is 2.26. The first kappa shape index (κ1) is 14.3. The zero-order valence-corrected chi connectivity index (χ0v) is 12.4. The number of hydrogen-bond donors (Lipinski definition) is 0. The third kappa shape index (κ3) is 2.90. The molecule has 0 aliphatic heterocycles. The van der Waals surface area contributed by atoms with Gasteiger partial charge in [0, 0.05) is 29.9 Å². The van der Waals surface area contributed by atoms with Crippen LogP contribution < -0.4 is 4.90 Å². The van der Waals surface area contributed by atoms with E-state index < -0.39 is 0 Å². The van der Waals surface area contributed by atoms with Crippen LogP contribution in [0.3, 0.4) is 0 Å². The minimum atomic E-state index is 0.0918. The molecule has 0 heterocycles. The first-order valence-electron chi connectivity index (χ1n) is 7.12. The molecule has 0 bridgehead atoms. The van der Waals surface area contributed by atoms with Gasteiger partial charge in [0.15, 0.2) is 5.78 Å². The highest BCUT2D eigenvalue weighted by Gasteiger charge is 2.11. The van der Waals surface area contributed by atoms with E-state index in [1.807, 2.05) is 55.5 Å². The smallest absolute Gasteiger partial charge is 0.193 e. The van der Waals surface area contributed by atoms with Crippen molar-refractivity contribution in [3.05, 3.63) is 65.2 Å². The van der Waals surface area contributed by atoms with Crippen LogP contribution in [0, 0.1) is 6.92 Å². The average molecular weight is 267 g/mol. The zero-order chi connectivity index (χ0) is 14.5. The maximum atomic E-state index is 12.5. The summed E-state index contributed by atoms with van der Waals surface area (Å²) in [6, 6.07) is 15.6. The summed E-state index contributed by atoms with van der Waals surface area (Å²) in [6.07, 6.45) is 0. The van der Waals surface area contributed by atoms with E-state index in [0.29, 0.717) is 0 Å². The van der Waals surface area contributed by atoms with Crippen molar-refractivity contribution in [1.82, 2.24) is 0 Å². The summed E-state index contributed by atoms with van der Waals surface area (Å²) in [4.78, 5) is 14.7. The van der Waals surface area contributed by atoms with E-state index in [4.69, 9.17) is 0 Å². The van der Waals surface area contributed by atoms with Gasteiger partial charge in [0.2, 0.25) is 0 Å². The van der Waals surface area contributed by atoms with Gasteiger partial charge in [-0.2, -0.15) is 0 Å². The number of nitrogens with zero attached hydrogens (tertiary/aromatic N) is 1. The molecule has 0 amide bonds. The van der Waals surface area contributed by atoms with Gasteiger partial charge in [-0.1, -0.05) is 24.3 Å². The van der Waals surface area contributed by atoms with Crippen LogP contribution in [-0.2, 0) is 0 Å². The highest BCUT2D eigenvalue weighted by atomic mass is 16.1. The van der Waals surface area contributed by atoms with Gasteiger partial charge < -0.3 is 4.90 Å². The number of rotatable bonds is 5. The lowest BCUT2D eigenvalue weighted by Gasteiger charge is -2.21. The maximum absolute atomic E-state index is 12.5. The Morgan fingerprint density at radius 2 is 1.55 bits per heavy atom. The van der Waals surface area contributed by atoms with E-state index >= 15 is 0 Å². The second-order valence-electron chi connectivity index (χ2n) is 4.86. The Bertz CT molecular complexity index is 583. The summed E-state index contributed by atoms with van der Waals surface area (Å²) in [5.41, 5.74) is 3.71. The topological polar surface area (TPSA) is 20.3 Å². The van der Waals surface area contributed by atoms with Gasteiger partial charge >= 0.3 is 0 Å². The number of carbonyl (C=O) groups excluding carboxylic acids is 1. The molecule has 0 unspecified atom stereocenters. The summed E-state index contributed by atoms with van der Waals surface area (Å²) >= 11 is 0. The molecule has 2 aromatic carbocycles. The van der Waals surface area contributed by atoms with Crippen LogP contribution in [0.4, 0.5) is 5.69 Å². The predicted molar refractivity (Wildman–Crippen MR) is 84.6 cm³/mol. The number of ketones is 1. The average Bonchev–Trinajstić information content (AvgIpc) is 2.49. The van der Waals surface area contributed by atoms with Crippen LogP contribution in [0.25, 0.3) is 0 Å². The van der Waals surface area contributed by atoms with Crippen LogP contribution >= 0.6 is 0 Å². The predicted octanol–water partition coefficient (Wildman–Crippen LogP) is 4.07. The molecular formula is C18H21NO. The molecule has 2 heteroatoms. The van der Waals surface area contributed by atoms with E-state index in [-0.39, 0.29) is 5.78 Å². The first-order valence-corrected chi connectivity index (χ1v) is 7.12. The quantitative estimate of drug-likeness (QED) is 0.761. The van der Waals surface area contributed by atoms with E-state index in [0.717, 1.165) is 35.5 Å². The zero-order valence-electron chi connectivity index (χ0n) is 12.4. The van der Waals surface area contributed by atoms with Gasteiger partial charge in [0.25, 0.3) is 0 Å². The fraction of sp³-hybridized carbons (Fsp3) is 0.278. The lowest BCUT2D eigenvalue weighted by Crippen LogP contribution is -2.21. The molecule has 0 aliphatic carbocycles. The van der Waals surface area contributed by atoms with Gasteiger partial charge in [-0.3, -0.25) is 4.79 Å².